The summed E-state index contributed by atoms with van der Waals surface area (Å²) < 4.78 is 44.1. The molecule has 35 heavy (non-hydrogen) atoms. The second kappa shape index (κ2) is 11.0. The van der Waals surface area contributed by atoms with Crippen LogP contribution < -0.4 is 10.6 Å². The van der Waals surface area contributed by atoms with Gasteiger partial charge in [0.05, 0.1) is 35.1 Å². The third-order valence-electron chi connectivity index (χ3n) is 5.01. The Balaban J connectivity index is 1.86. The van der Waals surface area contributed by atoms with Crippen molar-refractivity contribution in [3.63, 3.8) is 0 Å². The first-order valence-corrected chi connectivity index (χ1v) is 11.7. The molecule has 1 aliphatic rings. The van der Waals surface area contributed by atoms with Crippen LogP contribution in [-0.4, -0.2) is 30.6 Å². The lowest BCUT2D eigenvalue weighted by Gasteiger charge is -2.31. The van der Waals surface area contributed by atoms with Crippen molar-refractivity contribution in [2.24, 2.45) is 5.92 Å². The Morgan fingerprint density at radius 2 is 1.94 bits per heavy atom. The number of carbonyl (C=O) groups is 3. The van der Waals surface area contributed by atoms with E-state index in [4.69, 9.17) is 4.74 Å². The maximum absolute atomic E-state index is 12.9. The summed E-state index contributed by atoms with van der Waals surface area (Å²) >= 11 is 4.15. The highest BCUT2D eigenvalue weighted by atomic mass is 79.9. The fraction of sp³-hybridized carbons (Fsp3) is 0.217. The van der Waals surface area contributed by atoms with Gasteiger partial charge in [-0.2, -0.15) is 18.4 Å². The number of halogens is 4. The third kappa shape index (κ3) is 6.23. The van der Waals surface area contributed by atoms with E-state index in [1.54, 1.807) is 24.3 Å². The van der Waals surface area contributed by atoms with Gasteiger partial charge < -0.3 is 15.4 Å². The maximum atomic E-state index is 12.9. The normalized spacial score (nSPS) is 17.9. The summed E-state index contributed by atoms with van der Waals surface area (Å²) in [5, 5.41) is 14.8. The van der Waals surface area contributed by atoms with Crippen LogP contribution in [-0.2, 0) is 25.3 Å². The van der Waals surface area contributed by atoms with Crippen molar-refractivity contribution >= 4 is 51.2 Å². The number of esters is 1. The Morgan fingerprint density at radius 1 is 1.23 bits per heavy atom. The molecular weight excluding hydrogens is 551 g/mol. The molecule has 2 amide bonds. The molecule has 182 valence electrons. The van der Waals surface area contributed by atoms with Crippen molar-refractivity contribution in [3.05, 3.63) is 74.7 Å². The number of hydrogen-bond donors (Lipinski definition) is 2. The number of ether oxygens (including phenoxy) is 1. The molecule has 0 aliphatic carbocycles. The van der Waals surface area contributed by atoms with Gasteiger partial charge in [0.1, 0.15) is 5.92 Å². The fourth-order valence-electron chi connectivity index (χ4n) is 3.49. The Kier molecular flexibility index (Phi) is 8.24. The zero-order chi connectivity index (χ0) is 25.8. The number of rotatable bonds is 6. The molecule has 0 bridgehead atoms. The van der Waals surface area contributed by atoms with E-state index in [0.717, 1.165) is 31.0 Å². The lowest BCUT2D eigenvalue weighted by molar-refractivity contribution is -0.150. The van der Waals surface area contributed by atoms with Crippen LogP contribution in [0.1, 0.15) is 17.0 Å². The quantitative estimate of drug-likeness (QED) is 0.391. The lowest BCUT2D eigenvalue weighted by atomic mass is 9.78. The van der Waals surface area contributed by atoms with Crippen LogP contribution >= 0.6 is 27.7 Å². The van der Waals surface area contributed by atoms with Gasteiger partial charge in [0.2, 0.25) is 11.8 Å². The highest BCUT2D eigenvalue weighted by Crippen LogP contribution is 2.40. The van der Waals surface area contributed by atoms with E-state index < -0.39 is 41.4 Å². The molecule has 0 saturated carbocycles. The van der Waals surface area contributed by atoms with Gasteiger partial charge in [0.25, 0.3) is 0 Å². The van der Waals surface area contributed by atoms with Crippen molar-refractivity contribution < 1.29 is 32.3 Å². The number of benzene rings is 2. The van der Waals surface area contributed by atoms with Crippen molar-refractivity contribution in [2.45, 2.75) is 12.1 Å². The summed E-state index contributed by atoms with van der Waals surface area (Å²) in [6, 6.07) is 12.9. The largest absolute Gasteiger partial charge is 0.468 e. The molecule has 2 aromatic rings. The summed E-state index contributed by atoms with van der Waals surface area (Å²) in [7, 11) is 1.13. The molecule has 0 unspecified atom stereocenters. The standard InChI is InChI=1S/C23H17BrF3N3O4S/c1-34-22(33)19-18(12-4-2-6-14(24)8-12)16(10-28)21(30-20(19)32)35-11-17(31)29-15-7-3-5-13(9-15)23(25,26)27/h2-9,18-19H,11H2,1H3,(H,29,31)(H,30,32)/t18-,19+/m1/s1. The van der Waals surface area contributed by atoms with Gasteiger partial charge in [-0.05, 0) is 35.9 Å². The van der Waals surface area contributed by atoms with E-state index in [0.29, 0.717) is 10.0 Å². The Morgan fingerprint density at radius 3 is 2.57 bits per heavy atom. The van der Waals surface area contributed by atoms with Crippen molar-refractivity contribution in [2.75, 3.05) is 18.2 Å². The molecule has 0 saturated heterocycles. The molecule has 7 nitrogen and oxygen atoms in total. The molecule has 3 rings (SSSR count). The molecular formula is C23H17BrF3N3O4S. The van der Waals surface area contributed by atoms with Gasteiger partial charge in [-0.3, -0.25) is 14.4 Å². The molecule has 1 aliphatic heterocycles. The van der Waals surface area contributed by atoms with E-state index in [1.807, 2.05) is 6.07 Å². The van der Waals surface area contributed by atoms with Crippen LogP contribution in [0.2, 0.25) is 0 Å². The average molecular weight is 568 g/mol. The molecule has 0 spiro atoms. The SMILES string of the molecule is COC(=O)[C@@H]1C(=O)NC(SCC(=O)Nc2cccc(C(F)(F)F)c2)=C(C#N)[C@H]1c1cccc(Br)c1. The fourth-order valence-corrected chi connectivity index (χ4v) is 4.75. The number of allylic oxidation sites excluding steroid dienone is 1. The first-order valence-electron chi connectivity index (χ1n) is 9.93. The maximum Gasteiger partial charge on any atom is 0.416 e. The second-order valence-electron chi connectivity index (χ2n) is 7.29. The number of amides is 2. The van der Waals surface area contributed by atoms with Gasteiger partial charge in [0.15, 0.2) is 0 Å². The van der Waals surface area contributed by atoms with Crippen LogP contribution in [0.3, 0.4) is 0 Å². The average Bonchev–Trinajstić information content (AvgIpc) is 2.81. The second-order valence-corrected chi connectivity index (χ2v) is 9.19. The number of nitrogens with one attached hydrogen (secondary N) is 2. The van der Waals surface area contributed by atoms with Crippen molar-refractivity contribution in [1.29, 1.82) is 5.26 Å². The van der Waals surface area contributed by atoms with E-state index >= 15 is 0 Å². The van der Waals surface area contributed by atoms with E-state index in [-0.39, 0.29) is 22.0 Å². The van der Waals surface area contributed by atoms with Gasteiger partial charge in [-0.15, -0.1) is 0 Å². The summed E-state index contributed by atoms with van der Waals surface area (Å²) in [5.41, 5.74) is -0.407. The van der Waals surface area contributed by atoms with Gasteiger partial charge in [0, 0.05) is 16.1 Å². The first-order chi connectivity index (χ1) is 16.5. The third-order valence-corrected chi connectivity index (χ3v) is 6.52. The highest BCUT2D eigenvalue weighted by Gasteiger charge is 2.44. The predicted octanol–water partition coefficient (Wildman–Crippen LogP) is 4.58. The Labute approximate surface area is 210 Å². The highest BCUT2D eigenvalue weighted by molar-refractivity contribution is 9.10. The topological polar surface area (TPSA) is 108 Å². The number of hydrogen-bond acceptors (Lipinski definition) is 6. The number of nitriles is 1. The minimum absolute atomic E-state index is 0.0506. The van der Waals surface area contributed by atoms with E-state index in [9.17, 15) is 32.8 Å². The zero-order valence-corrected chi connectivity index (χ0v) is 20.4. The minimum atomic E-state index is -4.56. The first kappa shape index (κ1) is 26.3. The lowest BCUT2D eigenvalue weighted by Crippen LogP contribution is -2.44. The summed E-state index contributed by atoms with van der Waals surface area (Å²) in [5.74, 6) is -4.79. The number of thioether (sulfide) groups is 1. The Hall–Kier alpha value is -3.30. The van der Waals surface area contributed by atoms with E-state index in [2.05, 4.69) is 26.6 Å². The molecule has 0 aromatic heterocycles. The van der Waals surface area contributed by atoms with E-state index in [1.165, 1.54) is 12.1 Å². The number of anilines is 1. The van der Waals surface area contributed by atoms with Crippen molar-refractivity contribution in [1.82, 2.24) is 5.32 Å². The molecule has 2 N–H and O–H groups in total. The molecule has 2 aromatic carbocycles. The monoisotopic (exact) mass is 567 g/mol. The number of nitrogens with zero attached hydrogens (tertiary/aromatic N) is 1. The van der Waals surface area contributed by atoms with Crippen LogP contribution in [0, 0.1) is 17.2 Å². The predicted molar refractivity (Wildman–Crippen MR) is 126 cm³/mol. The number of carbonyl (C=O) groups excluding carboxylic acids is 3. The van der Waals surface area contributed by atoms with Gasteiger partial charge in [-0.25, -0.2) is 0 Å². The molecule has 0 fully saturated rings. The number of alkyl halides is 3. The van der Waals surface area contributed by atoms with Crippen molar-refractivity contribution in [3.8, 4) is 6.07 Å². The smallest absolute Gasteiger partial charge is 0.416 e. The molecule has 2 atom stereocenters. The van der Waals surface area contributed by atoms with Gasteiger partial charge in [-0.1, -0.05) is 45.9 Å². The summed E-state index contributed by atoms with van der Waals surface area (Å²) in [6.45, 7) is 0. The summed E-state index contributed by atoms with van der Waals surface area (Å²) in [4.78, 5) is 37.6. The molecule has 12 heteroatoms. The summed E-state index contributed by atoms with van der Waals surface area (Å²) in [6.07, 6.45) is -4.56. The van der Waals surface area contributed by atoms with Crippen LogP contribution in [0.25, 0.3) is 0 Å². The zero-order valence-electron chi connectivity index (χ0n) is 18.0. The van der Waals surface area contributed by atoms with Crippen LogP contribution in [0.15, 0.2) is 63.6 Å². The minimum Gasteiger partial charge on any atom is -0.468 e. The van der Waals surface area contributed by atoms with Crippen LogP contribution in [0.4, 0.5) is 18.9 Å². The Bertz CT molecular complexity index is 1240. The molecule has 0 radical (unpaired) electrons. The van der Waals surface area contributed by atoms with Gasteiger partial charge >= 0.3 is 12.1 Å². The van der Waals surface area contributed by atoms with Crippen LogP contribution in [0.5, 0.6) is 0 Å². The molecule has 1 heterocycles. The number of methoxy groups -OCH3 is 1.